The number of nitrogens with zero attached hydrogens (tertiary/aromatic N) is 1. The number of nitriles is 1. The second kappa shape index (κ2) is 6.45. The second-order valence-corrected chi connectivity index (χ2v) is 5.56. The van der Waals surface area contributed by atoms with Crippen molar-refractivity contribution in [2.24, 2.45) is 0 Å². The Morgan fingerprint density at radius 1 is 1.30 bits per heavy atom. The molecule has 20 heavy (non-hydrogen) atoms. The van der Waals surface area contributed by atoms with Crippen molar-refractivity contribution >= 4 is 39.1 Å². The molecule has 102 valence electrons. The van der Waals surface area contributed by atoms with Gasteiger partial charge in [0.1, 0.15) is 18.5 Å². The van der Waals surface area contributed by atoms with Crippen molar-refractivity contribution in [1.82, 2.24) is 0 Å². The molecule has 0 aliphatic carbocycles. The lowest BCUT2D eigenvalue weighted by Gasteiger charge is -2.12. The van der Waals surface area contributed by atoms with E-state index in [2.05, 4.69) is 15.9 Å². The molecule has 0 unspecified atom stereocenters. The van der Waals surface area contributed by atoms with Crippen LogP contribution in [0, 0.1) is 17.1 Å². The maximum atomic E-state index is 13.6. The highest BCUT2D eigenvalue weighted by Crippen LogP contribution is 2.33. The number of halogens is 4. The molecule has 2 aromatic rings. The van der Waals surface area contributed by atoms with Crippen molar-refractivity contribution in [3.8, 4) is 11.8 Å². The van der Waals surface area contributed by atoms with Crippen LogP contribution in [-0.4, -0.2) is 0 Å². The average Bonchev–Trinajstić information content (AvgIpc) is 2.39. The van der Waals surface area contributed by atoms with Gasteiger partial charge in [-0.15, -0.1) is 0 Å². The SMILES string of the molecule is N#Cc1cc(Cl)cc(Br)c1OCc1c(F)cccc1Cl. The third kappa shape index (κ3) is 3.24. The monoisotopic (exact) mass is 373 g/mol. The summed E-state index contributed by atoms with van der Waals surface area (Å²) >= 11 is 15.0. The van der Waals surface area contributed by atoms with Gasteiger partial charge in [-0.1, -0.05) is 29.3 Å². The Balaban J connectivity index is 2.30. The van der Waals surface area contributed by atoms with Gasteiger partial charge in [-0.3, -0.25) is 0 Å². The Morgan fingerprint density at radius 2 is 2.05 bits per heavy atom. The summed E-state index contributed by atoms with van der Waals surface area (Å²) in [6, 6.07) is 9.44. The highest BCUT2D eigenvalue weighted by Gasteiger charge is 2.13. The molecular formula is C14H7BrCl2FNO. The molecule has 2 nitrogen and oxygen atoms in total. The minimum atomic E-state index is -0.457. The summed E-state index contributed by atoms with van der Waals surface area (Å²) in [5.41, 5.74) is 0.497. The number of ether oxygens (including phenoxy) is 1. The van der Waals surface area contributed by atoms with E-state index < -0.39 is 5.82 Å². The van der Waals surface area contributed by atoms with Crippen LogP contribution in [0.3, 0.4) is 0 Å². The largest absolute Gasteiger partial charge is 0.486 e. The van der Waals surface area contributed by atoms with E-state index in [1.165, 1.54) is 18.2 Å². The molecule has 0 fully saturated rings. The smallest absolute Gasteiger partial charge is 0.151 e. The van der Waals surface area contributed by atoms with Crippen molar-refractivity contribution in [3.05, 3.63) is 61.8 Å². The number of benzene rings is 2. The summed E-state index contributed by atoms with van der Waals surface area (Å²) in [6.07, 6.45) is 0. The fourth-order valence-corrected chi connectivity index (χ4v) is 2.75. The molecule has 0 aromatic heterocycles. The zero-order valence-corrected chi connectivity index (χ0v) is 13.1. The molecule has 2 aromatic carbocycles. The Hall–Kier alpha value is -1.28. The minimum Gasteiger partial charge on any atom is -0.486 e. The molecule has 0 heterocycles. The van der Waals surface area contributed by atoms with Crippen LogP contribution in [0.4, 0.5) is 4.39 Å². The Kier molecular flexibility index (Phi) is 4.87. The molecule has 0 bridgehead atoms. The zero-order chi connectivity index (χ0) is 14.7. The van der Waals surface area contributed by atoms with Gasteiger partial charge in [0.25, 0.3) is 0 Å². The second-order valence-electron chi connectivity index (χ2n) is 3.86. The Bertz CT molecular complexity index is 680. The van der Waals surface area contributed by atoms with E-state index in [-0.39, 0.29) is 22.8 Å². The minimum absolute atomic E-state index is 0.0829. The van der Waals surface area contributed by atoms with E-state index in [9.17, 15) is 4.39 Å². The van der Waals surface area contributed by atoms with Crippen LogP contribution in [0.25, 0.3) is 0 Å². The first-order valence-electron chi connectivity index (χ1n) is 5.47. The van der Waals surface area contributed by atoms with E-state index in [4.69, 9.17) is 33.2 Å². The summed E-state index contributed by atoms with van der Waals surface area (Å²) in [5.74, 6) is -0.155. The van der Waals surface area contributed by atoms with Gasteiger partial charge in [-0.05, 0) is 40.2 Å². The lowest BCUT2D eigenvalue weighted by atomic mass is 10.2. The lowest BCUT2D eigenvalue weighted by molar-refractivity contribution is 0.297. The van der Waals surface area contributed by atoms with E-state index in [1.54, 1.807) is 12.1 Å². The van der Waals surface area contributed by atoms with E-state index >= 15 is 0 Å². The average molecular weight is 375 g/mol. The molecule has 2 rings (SSSR count). The fourth-order valence-electron chi connectivity index (χ4n) is 1.60. The van der Waals surface area contributed by atoms with E-state index in [0.29, 0.717) is 15.2 Å². The molecule has 0 saturated carbocycles. The van der Waals surface area contributed by atoms with Crippen LogP contribution < -0.4 is 4.74 Å². The molecule has 0 N–H and O–H groups in total. The molecule has 0 aliphatic heterocycles. The van der Waals surface area contributed by atoms with E-state index in [1.807, 2.05) is 6.07 Å². The van der Waals surface area contributed by atoms with Crippen LogP contribution in [0.15, 0.2) is 34.8 Å². The van der Waals surface area contributed by atoms with Crippen LogP contribution in [0.1, 0.15) is 11.1 Å². The molecule has 0 aliphatic rings. The van der Waals surface area contributed by atoms with Gasteiger partial charge in [-0.2, -0.15) is 5.26 Å². The van der Waals surface area contributed by atoms with Gasteiger partial charge in [0.05, 0.1) is 15.1 Å². The standard InChI is InChI=1S/C14H7BrCl2FNO/c15-11-5-9(16)4-8(6-19)14(11)20-7-10-12(17)2-1-3-13(10)18/h1-5H,7H2. The van der Waals surface area contributed by atoms with Crippen molar-refractivity contribution < 1.29 is 9.13 Å². The molecular weight excluding hydrogens is 368 g/mol. The van der Waals surface area contributed by atoms with Gasteiger partial charge in [0, 0.05) is 10.6 Å². The van der Waals surface area contributed by atoms with Crippen molar-refractivity contribution in [2.45, 2.75) is 6.61 Å². The van der Waals surface area contributed by atoms with Crippen LogP contribution in [0.5, 0.6) is 5.75 Å². The molecule has 0 radical (unpaired) electrons. The molecule has 0 amide bonds. The van der Waals surface area contributed by atoms with Crippen molar-refractivity contribution in [3.63, 3.8) is 0 Å². The zero-order valence-electron chi connectivity index (χ0n) is 9.96. The van der Waals surface area contributed by atoms with E-state index in [0.717, 1.165) is 0 Å². The third-order valence-electron chi connectivity index (χ3n) is 2.55. The summed E-state index contributed by atoms with van der Waals surface area (Å²) in [6.45, 7) is -0.0829. The van der Waals surface area contributed by atoms with Gasteiger partial charge in [0.2, 0.25) is 0 Å². The number of hydrogen-bond acceptors (Lipinski definition) is 2. The van der Waals surface area contributed by atoms with Crippen molar-refractivity contribution in [1.29, 1.82) is 5.26 Å². The van der Waals surface area contributed by atoms with Crippen LogP contribution in [0.2, 0.25) is 10.0 Å². The molecule has 0 spiro atoms. The maximum absolute atomic E-state index is 13.6. The summed E-state index contributed by atoms with van der Waals surface area (Å²) in [7, 11) is 0. The summed E-state index contributed by atoms with van der Waals surface area (Å²) < 4.78 is 19.7. The summed E-state index contributed by atoms with van der Waals surface area (Å²) in [5, 5.41) is 9.74. The first-order chi connectivity index (χ1) is 9.52. The Labute approximate surface area is 133 Å². The number of hydrogen-bond donors (Lipinski definition) is 0. The first-order valence-corrected chi connectivity index (χ1v) is 7.02. The predicted octanol–water partition coefficient (Wildman–Crippen LogP) is 5.35. The molecule has 0 saturated heterocycles. The van der Waals surface area contributed by atoms with Gasteiger partial charge < -0.3 is 4.74 Å². The van der Waals surface area contributed by atoms with Gasteiger partial charge >= 0.3 is 0 Å². The fraction of sp³-hybridized carbons (Fsp3) is 0.0714. The first kappa shape index (κ1) is 15.1. The van der Waals surface area contributed by atoms with Crippen LogP contribution in [-0.2, 0) is 6.61 Å². The van der Waals surface area contributed by atoms with Gasteiger partial charge in [-0.25, -0.2) is 4.39 Å². The number of rotatable bonds is 3. The normalized spacial score (nSPS) is 10.2. The lowest BCUT2D eigenvalue weighted by Crippen LogP contribution is -2.01. The highest BCUT2D eigenvalue weighted by atomic mass is 79.9. The highest BCUT2D eigenvalue weighted by molar-refractivity contribution is 9.10. The van der Waals surface area contributed by atoms with Gasteiger partial charge in [0.15, 0.2) is 5.75 Å². The third-order valence-corrected chi connectivity index (χ3v) is 3.71. The quantitative estimate of drug-likeness (QED) is 0.725. The topological polar surface area (TPSA) is 33.0 Å². The summed E-state index contributed by atoms with van der Waals surface area (Å²) in [4.78, 5) is 0. The van der Waals surface area contributed by atoms with Crippen molar-refractivity contribution in [2.75, 3.05) is 0 Å². The molecule has 6 heteroatoms. The maximum Gasteiger partial charge on any atom is 0.151 e. The predicted molar refractivity (Wildman–Crippen MR) is 79.6 cm³/mol. The molecule has 0 atom stereocenters. The Morgan fingerprint density at radius 3 is 2.70 bits per heavy atom. The van der Waals surface area contributed by atoms with Crippen LogP contribution >= 0.6 is 39.1 Å².